The average molecular weight is 330 g/mol. The number of nitrogens with one attached hydrogen (secondary N) is 1. The fourth-order valence-electron chi connectivity index (χ4n) is 3.34. The number of rotatable bonds is 5. The Bertz CT molecular complexity index is 629. The normalized spacial score (nSPS) is 22.3. The van der Waals surface area contributed by atoms with Crippen LogP contribution in [0, 0.1) is 11.8 Å². The zero-order valence-corrected chi connectivity index (χ0v) is 14.5. The van der Waals surface area contributed by atoms with Gasteiger partial charge in [-0.3, -0.25) is 9.59 Å². The molecule has 0 bridgehead atoms. The van der Waals surface area contributed by atoms with Gasteiger partial charge in [0, 0.05) is 32.0 Å². The predicted octanol–water partition coefficient (Wildman–Crippen LogP) is 2.13. The van der Waals surface area contributed by atoms with Gasteiger partial charge in [-0.25, -0.2) is 0 Å². The van der Waals surface area contributed by atoms with Crippen molar-refractivity contribution in [2.75, 3.05) is 20.2 Å². The Hall–Kier alpha value is -2.04. The lowest BCUT2D eigenvalue weighted by Gasteiger charge is -2.21. The van der Waals surface area contributed by atoms with Crippen molar-refractivity contribution >= 4 is 11.8 Å². The first-order chi connectivity index (χ1) is 11.6. The maximum atomic E-state index is 12.5. The van der Waals surface area contributed by atoms with Gasteiger partial charge in [-0.15, -0.1) is 0 Å². The number of fused-ring (bicyclic) bond motifs is 1. The second-order valence-electron chi connectivity index (χ2n) is 6.91. The largest absolute Gasteiger partial charge is 0.497 e. The summed E-state index contributed by atoms with van der Waals surface area (Å²) in [5.41, 5.74) is 2.46. The Balaban J connectivity index is 1.52. The maximum Gasteiger partial charge on any atom is 0.224 e. The molecule has 5 nitrogen and oxygen atoms in total. The van der Waals surface area contributed by atoms with E-state index in [1.165, 1.54) is 11.1 Å². The summed E-state index contributed by atoms with van der Waals surface area (Å²) < 4.78 is 5.28. The summed E-state index contributed by atoms with van der Waals surface area (Å²) in [6.45, 7) is 3.93. The zero-order valence-electron chi connectivity index (χ0n) is 14.5. The molecule has 1 N–H and O–H groups in total. The van der Waals surface area contributed by atoms with Crippen molar-refractivity contribution in [2.24, 2.45) is 11.8 Å². The number of ether oxygens (including phenoxy) is 1. The number of benzene rings is 1. The number of hydrogen-bond acceptors (Lipinski definition) is 3. The summed E-state index contributed by atoms with van der Waals surface area (Å²) in [7, 11) is 1.67. The number of carbonyl (C=O) groups excluding carboxylic acids is 2. The highest BCUT2D eigenvalue weighted by molar-refractivity contribution is 5.82. The van der Waals surface area contributed by atoms with E-state index in [9.17, 15) is 9.59 Å². The smallest absolute Gasteiger partial charge is 0.224 e. The summed E-state index contributed by atoms with van der Waals surface area (Å²) in [5.74, 6) is 1.75. The third kappa shape index (κ3) is 3.89. The van der Waals surface area contributed by atoms with E-state index in [1.807, 2.05) is 11.0 Å². The molecule has 0 radical (unpaired) electrons. The van der Waals surface area contributed by atoms with Crippen LogP contribution >= 0.6 is 0 Å². The van der Waals surface area contributed by atoms with Crippen molar-refractivity contribution < 1.29 is 14.3 Å². The number of nitrogens with zero attached hydrogens (tertiary/aromatic N) is 1. The van der Waals surface area contributed by atoms with Gasteiger partial charge in [0.05, 0.1) is 7.11 Å². The first-order valence-electron chi connectivity index (χ1n) is 8.79. The lowest BCUT2D eigenvalue weighted by atomic mass is 10.0. The highest BCUT2D eigenvalue weighted by Crippen LogP contribution is 2.37. The van der Waals surface area contributed by atoms with E-state index in [0.717, 1.165) is 31.6 Å². The minimum absolute atomic E-state index is 0.101. The van der Waals surface area contributed by atoms with Crippen LogP contribution in [0.15, 0.2) is 18.2 Å². The first-order valence-corrected chi connectivity index (χ1v) is 8.79. The molecule has 0 unspecified atom stereocenters. The van der Waals surface area contributed by atoms with Crippen LogP contribution < -0.4 is 10.1 Å². The molecule has 0 spiro atoms. The van der Waals surface area contributed by atoms with Crippen LogP contribution in [0.3, 0.4) is 0 Å². The van der Waals surface area contributed by atoms with E-state index in [1.54, 1.807) is 7.11 Å². The molecule has 2 atom stereocenters. The molecule has 0 aromatic heterocycles. The number of aryl methyl sites for hydroxylation is 1. The zero-order chi connectivity index (χ0) is 17.1. The van der Waals surface area contributed by atoms with Gasteiger partial charge in [0.2, 0.25) is 11.8 Å². The van der Waals surface area contributed by atoms with Gasteiger partial charge in [0.15, 0.2) is 0 Å². The van der Waals surface area contributed by atoms with Gasteiger partial charge in [-0.2, -0.15) is 0 Å². The Kier molecular flexibility index (Phi) is 5.07. The molecular formula is C19H26N2O3. The SMILES string of the molecule is COc1ccc2c(c1)CCCN(C(=O)CCNC(=O)[C@@H]1C[C@@H]1C)C2. The maximum absolute atomic E-state index is 12.5. The van der Waals surface area contributed by atoms with Gasteiger partial charge in [-0.1, -0.05) is 13.0 Å². The Morgan fingerprint density at radius 1 is 1.33 bits per heavy atom. The highest BCUT2D eigenvalue weighted by atomic mass is 16.5. The number of amides is 2. The van der Waals surface area contributed by atoms with E-state index in [2.05, 4.69) is 24.4 Å². The quantitative estimate of drug-likeness (QED) is 0.900. The molecule has 2 aliphatic rings. The van der Waals surface area contributed by atoms with Gasteiger partial charge in [0.1, 0.15) is 5.75 Å². The third-order valence-electron chi connectivity index (χ3n) is 5.09. The summed E-state index contributed by atoms with van der Waals surface area (Å²) in [4.78, 5) is 26.2. The van der Waals surface area contributed by atoms with Crippen molar-refractivity contribution in [1.29, 1.82) is 0 Å². The minimum Gasteiger partial charge on any atom is -0.497 e. The summed E-state index contributed by atoms with van der Waals surface area (Å²) in [6.07, 6.45) is 3.27. The topological polar surface area (TPSA) is 58.6 Å². The monoisotopic (exact) mass is 330 g/mol. The number of hydrogen-bond donors (Lipinski definition) is 1. The second-order valence-corrected chi connectivity index (χ2v) is 6.91. The molecule has 130 valence electrons. The molecule has 1 aliphatic heterocycles. The number of carbonyl (C=O) groups is 2. The Morgan fingerprint density at radius 2 is 2.12 bits per heavy atom. The number of methoxy groups -OCH3 is 1. The van der Waals surface area contributed by atoms with Crippen LogP contribution in [-0.2, 0) is 22.6 Å². The molecule has 1 aromatic rings. The van der Waals surface area contributed by atoms with Crippen molar-refractivity contribution in [3.05, 3.63) is 29.3 Å². The molecule has 5 heteroatoms. The van der Waals surface area contributed by atoms with Crippen LogP contribution in [0.5, 0.6) is 5.75 Å². The molecule has 2 amide bonds. The van der Waals surface area contributed by atoms with Gasteiger partial charge >= 0.3 is 0 Å². The molecule has 0 saturated heterocycles. The first kappa shape index (κ1) is 16.8. The van der Waals surface area contributed by atoms with Crippen LogP contribution in [0.2, 0.25) is 0 Å². The summed E-state index contributed by atoms with van der Waals surface area (Å²) in [5, 5.41) is 2.89. The van der Waals surface area contributed by atoms with Crippen molar-refractivity contribution in [3.63, 3.8) is 0 Å². The summed E-state index contributed by atoms with van der Waals surface area (Å²) in [6, 6.07) is 6.07. The molecule has 1 saturated carbocycles. The fraction of sp³-hybridized carbons (Fsp3) is 0.579. The predicted molar refractivity (Wildman–Crippen MR) is 91.6 cm³/mol. The molecule has 1 fully saturated rings. The average Bonchev–Trinajstić information content (AvgIpc) is 3.34. The lowest BCUT2D eigenvalue weighted by molar-refractivity contribution is -0.131. The van der Waals surface area contributed by atoms with E-state index >= 15 is 0 Å². The van der Waals surface area contributed by atoms with E-state index < -0.39 is 0 Å². The fourth-order valence-corrected chi connectivity index (χ4v) is 3.34. The van der Waals surface area contributed by atoms with Crippen LogP contribution in [0.1, 0.15) is 37.3 Å². The Morgan fingerprint density at radius 3 is 2.83 bits per heavy atom. The molecule has 1 heterocycles. The molecule has 24 heavy (non-hydrogen) atoms. The van der Waals surface area contributed by atoms with E-state index in [-0.39, 0.29) is 17.7 Å². The van der Waals surface area contributed by atoms with Crippen LogP contribution in [0.4, 0.5) is 0 Å². The van der Waals surface area contributed by atoms with Gasteiger partial charge < -0.3 is 15.0 Å². The minimum atomic E-state index is 0.101. The van der Waals surface area contributed by atoms with Crippen molar-refractivity contribution in [1.82, 2.24) is 10.2 Å². The third-order valence-corrected chi connectivity index (χ3v) is 5.09. The van der Waals surface area contributed by atoms with E-state index in [0.29, 0.717) is 25.4 Å². The van der Waals surface area contributed by atoms with Gasteiger partial charge in [-0.05, 0) is 48.4 Å². The lowest BCUT2D eigenvalue weighted by Crippen LogP contribution is -2.34. The van der Waals surface area contributed by atoms with Crippen molar-refractivity contribution in [3.8, 4) is 5.75 Å². The summed E-state index contributed by atoms with van der Waals surface area (Å²) >= 11 is 0. The molecule has 1 aliphatic carbocycles. The Labute approximate surface area is 143 Å². The molecule has 3 rings (SSSR count). The molecular weight excluding hydrogens is 304 g/mol. The van der Waals surface area contributed by atoms with Crippen molar-refractivity contribution in [2.45, 2.75) is 39.2 Å². The second kappa shape index (κ2) is 7.24. The van der Waals surface area contributed by atoms with Crippen LogP contribution in [-0.4, -0.2) is 36.9 Å². The highest BCUT2D eigenvalue weighted by Gasteiger charge is 2.38. The molecule has 1 aromatic carbocycles. The van der Waals surface area contributed by atoms with E-state index in [4.69, 9.17) is 4.74 Å². The van der Waals surface area contributed by atoms with Crippen LogP contribution in [0.25, 0.3) is 0 Å². The standard InChI is InChI=1S/C19H26N2O3/c1-13-10-17(13)19(23)20-8-7-18(22)21-9-3-4-14-11-16(24-2)6-5-15(14)12-21/h5-6,11,13,17H,3-4,7-10,12H2,1-2H3,(H,20,23)/t13-,17+/m0/s1. The van der Waals surface area contributed by atoms with Gasteiger partial charge in [0.25, 0.3) is 0 Å².